The molecule has 86 valence electrons. The first-order valence-electron chi connectivity index (χ1n) is 4.66. The summed E-state index contributed by atoms with van der Waals surface area (Å²) in [4.78, 5) is 0. The summed E-state index contributed by atoms with van der Waals surface area (Å²) in [5, 5.41) is 12.5. The van der Waals surface area contributed by atoms with Crippen LogP contribution in [0.4, 0.5) is 0 Å². The first kappa shape index (κ1) is 12.2. The molecule has 0 fully saturated rings. The largest absolute Gasteiger partial charge is 0.396 e. The van der Waals surface area contributed by atoms with Gasteiger partial charge >= 0.3 is 0 Å². The van der Waals surface area contributed by atoms with Gasteiger partial charge in [-0.1, -0.05) is 0 Å². The van der Waals surface area contributed by atoms with Crippen molar-refractivity contribution in [2.75, 3.05) is 13.2 Å². The molecular formula is C8H15N3O3S. The van der Waals surface area contributed by atoms with Crippen LogP contribution >= 0.6 is 0 Å². The van der Waals surface area contributed by atoms with Crippen molar-refractivity contribution < 1.29 is 13.5 Å². The van der Waals surface area contributed by atoms with Crippen LogP contribution in [0.5, 0.6) is 0 Å². The lowest BCUT2D eigenvalue weighted by Crippen LogP contribution is -2.26. The molecule has 0 aliphatic rings. The Balaban J connectivity index is 2.57. The minimum Gasteiger partial charge on any atom is -0.396 e. The van der Waals surface area contributed by atoms with Gasteiger partial charge in [0, 0.05) is 20.2 Å². The first-order valence-corrected chi connectivity index (χ1v) is 6.15. The lowest BCUT2D eigenvalue weighted by atomic mass is 10.3. The van der Waals surface area contributed by atoms with E-state index in [4.69, 9.17) is 5.11 Å². The monoisotopic (exact) mass is 233 g/mol. The number of unbranched alkanes of at least 4 members (excludes halogenated alkanes) is 1. The molecule has 1 rings (SSSR count). The SMILES string of the molecule is Cn1nccc1S(=O)(=O)NCCCCO. The Kier molecular flexibility index (Phi) is 4.25. The van der Waals surface area contributed by atoms with Gasteiger partial charge in [0.25, 0.3) is 10.0 Å². The fourth-order valence-electron chi connectivity index (χ4n) is 1.14. The predicted molar refractivity (Wildman–Crippen MR) is 54.7 cm³/mol. The van der Waals surface area contributed by atoms with E-state index in [2.05, 4.69) is 9.82 Å². The number of nitrogens with zero attached hydrogens (tertiary/aromatic N) is 2. The van der Waals surface area contributed by atoms with Crippen LogP contribution in [0.3, 0.4) is 0 Å². The van der Waals surface area contributed by atoms with Crippen molar-refractivity contribution in [3.05, 3.63) is 12.3 Å². The van der Waals surface area contributed by atoms with Crippen LogP contribution in [0.15, 0.2) is 17.3 Å². The van der Waals surface area contributed by atoms with Gasteiger partial charge in [-0.2, -0.15) is 5.10 Å². The third kappa shape index (κ3) is 3.29. The van der Waals surface area contributed by atoms with Crippen LogP contribution in [0.1, 0.15) is 12.8 Å². The fraction of sp³-hybridized carbons (Fsp3) is 0.625. The van der Waals surface area contributed by atoms with Gasteiger partial charge in [0.05, 0.1) is 6.20 Å². The Hall–Kier alpha value is -0.920. The highest BCUT2D eigenvalue weighted by atomic mass is 32.2. The predicted octanol–water partition coefficient (Wildman–Crippen LogP) is -0.529. The van der Waals surface area contributed by atoms with Gasteiger partial charge < -0.3 is 5.11 Å². The fourth-order valence-corrected chi connectivity index (χ4v) is 2.34. The summed E-state index contributed by atoms with van der Waals surface area (Å²) in [6, 6.07) is 1.44. The van der Waals surface area contributed by atoms with Crippen molar-refractivity contribution in [3.63, 3.8) is 0 Å². The van der Waals surface area contributed by atoms with E-state index in [1.807, 2.05) is 0 Å². The minimum absolute atomic E-state index is 0.0768. The molecule has 0 aliphatic heterocycles. The van der Waals surface area contributed by atoms with Gasteiger partial charge in [-0.05, 0) is 18.9 Å². The smallest absolute Gasteiger partial charge is 0.257 e. The quantitative estimate of drug-likeness (QED) is 0.647. The van der Waals surface area contributed by atoms with E-state index >= 15 is 0 Å². The number of hydrogen-bond donors (Lipinski definition) is 2. The number of aromatic nitrogens is 2. The zero-order valence-electron chi connectivity index (χ0n) is 8.55. The molecular weight excluding hydrogens is 218 g/mol. The Bertz CT molecular complexity index is 399. The van der Waals surface area contributed by atoms with Crippen molar-refractivity contribution in [1.82, 2.24) is 14.5 Å². The van der Waals surface area contributed by atoms with Crippen LogP contribution in [0, 0.1) is 0 Å². The molecule has 0 radical (unpaired) electrons. The maximum atomic E-state index is 11.6. The van der Waals surface area contributed by atoms with Crippen LogP contribution in [-0.4, -0.2) is 36.5 Å². The summed E-state index contributed by atoms with van der Waals surface area (Å²) in [6.07, 6.45) is 2.64. The molecule has 0 atom stereocenters. The van der Waals surface area contributed by atoms with E-state index in [1.54, 1.807) is 7.05 Å². The van der Waals surface area contributed by atoms with Crippen molar-refractivity contribution in [1.29, 1.82) is 0 Å². The average Bonchev–Trinajstić information content (AvgIpc) is 2.60. The van der Waals surface area contributed by atoms with Gasteiger partial charge in [0.15, 0.2) is 5.03 Å². The molecule has 1 heterocycles. The summed E-state index contributed by atoms with van der Waals surface area (Å²) in [5.41, 5.74) is 0. The molecule has 0 bridgehead atoms. The molecule has 1 aromatic rings. The second-order valence-electron chi connectivity index (χ2n) is 3.12. The molecule has 15 heavy (non-hydrogen) atoms. The van der Waals surface area contributed by atoms with Crippen molar-refractivity contribution in [2.45, 2.75) is 17.9 Å². The normalized spacial score (nSPS) is 11.9. The van der Waals surface area contributed by atoms with E-state index in [9.17, 15) is 8.42 Å². The Morgan fingerprint density at radius 1 is 1.53 bits per heavy atom. The van der Waals surface area contributed by atoms with Crippen LogP contribution in [0.25, 0.3) is 0 Å². The van der Waals surface area contributed by atoms with E-state index in [0.717, 1.165) is 0 Å². The Labute approximate surface area is 89.0 Å². The second-order valence-corrected chi connectivity index (χ2v) is 4.84. The van der Waals surface area contributed by atoms with Crippen molar-refractivity contribution in [2.24, 2.45) is 7.05 Å². The Morgan fingerprint density at radius 3 is 2.80 bits per heavy atom. The maximum Gasteiger partial charge on any atom is 0.257 e. The van der Waals surface area contributed by atoms with Gasteiger partial charge in [-0.3, -0.25) is 4.68 Å². The number of aliphatic hydroxyl groups is 1. The topological polar surface area (TPSA) is 84.2 Å². The average molecular weight is 233 g/mol. The van der Waals surface area contributed by atoms with Crippen molar-refractivity contribution in [3.8, 4) is 0 Å². The van der Waals surface area contributed by atoms with Crippen LogP contribution in [-0.2, 0) is 17.1 Å². The van der Waals surface area contributed by atoms with Crippen LogP contribution in [0.2, 0.25) is 0 Å². The lowest BCUT2D eigenvalue weighted by Gasteiger charge is -2.05. The third-order valence-corrected chi connectivity index (χ3v) is 3.46. The zero-order valence-corrected chi connectivity index (χ0v) is 9.37. The van der Waals surface area contributed by atoms with Gasteiger partial charge in [-0.15, -0.1) is 0 Å². The molecule has 2 N–H and O–H groups in total. The summed E-state index contributed by atoms with van der Waals surface area (Å²) < 4.78 is 27.0. The highest BCUT2D eigenvalue weighted by Gasteiger charge is 2.16. The van der Waals surface area contributed by atoms with E-state index in [0.29, 0.717) is 19.4 Å². The minimum atomic E-state index is -3.46. The number of aliphatic hydroxyl groups excluding tert-OH is 1. The second kappa shape index (κ2) is 5.24. The summed E-state index contributed by atoms with van der Waals surface area (Å²) in [6.45, 7) is 0.404. The number of hydrogen-bond acceptors (Lipinski definition) is 4. The molecule has 6 nitrogen and oxygen atoms in total. The number of aryl methyl sites for hydroxylation is 1. The number of sulfonamides is 1. The molecule has 1 aromatic heterocycles. The highest BCUT2D eigenvalue weighted by Crippen LogP contribution is 2.05. The van der Waals surface area contributed by atoms with Gasteiger partial charge in [0.2, 0.25) is 0 Å². The molecule has 0 saturated heterocycles. The number of nitrogens with one attached hydrogen (secondary N) is 1. The summed E-state index contributed by atoms with van der Waals surface area (Å²) >= 11 is 0. The molecule has 7 heteroatoms. The van der Waals surface area contributed by atoms with E-state index < -0.39 is 10.0 Å². The molecule has 0 aromatic carbocycles. The molecule has 0 amide bonds. The Morgan fingerprint density at radius 2 is 2.27 bits per heavy atom. The van der Waals surface area contributed by atoms with Gasteiger partial charge in [0.1, 0.15) is 0 Å². The molecule has 0 spiro atoms. The van der Waals surface area contributed by atoms with Gasteiger partial charge in [-0.25, -0.2) is 13.1 Å². The molecule has 0 aliphatic carbocycles. The standard InChI is InChI=1S/C8H15N3O3S/c1-11-8(4-6-9-11)15(13,14)10-5-2-3-7-12/h4,6,10,12H,2-3,5,7H2,1H3. The van der Waals surface area contributed by atoms with Crippen molar-refractivity contribution >= 4 is 10.0 Å². The van der Waals surface area contributed by atoms with E-state index in [1.165, 1.54) is 16.9 Å². The maximum absolute atomic E-state index is 11.6. The zero-order chi connectivity index (χ0) is 11.3. The molecule has 0 unspecified atom stereocenters. The summed E-state index contributed by atoms with van der Waals surface area (Å²) in [5.74, 6) is 0. The highest BCUT2D eigenvalue weighted by molar-refractivity contribution is 7.89. The lowest BCUT2D eigenvalue weighted by molar-refractivity contribution is 0.285. The van der Waals surface area contributed by atoms with Crippen LogP contribution < -0.4 is 4.72 Å². The number of rotatable bonds is 6. The first-order chi connectivity index (χ1) is 7.08. The van der Waals surface area contributed by atoms with E-state index in [-0.39, 0.29) is 11.6 Å². The summed E-state index contributed by atoms with van der Waals surface area (Å²) in [7, 11) is -1.89. The molecule has 0 saturated carbocycles. The third-order valence-electron chi connectivity index (χ3n) is 1.93.